The van der Waals surface area contributed by atoms with Crippen molar-refractivity contribution in [2.45, 2.75) is 252 Å². The lowest BCUT2D eigenvalue weighted by Gasteiger charge is -2.18. The zero-order valence-electron chi connectivity index (χ0n) is 37.2. The lowest BCUT2D eigenvalue weighted by Crippen LogP contribution is -2.30. The molecule has 56 heavy (non-hydrogen) atoms. The van der Waals surface area contributed by atoms with E-state index in [1.165, 1.54) is 116 Å². The largest absolute Gasteiger partial charge is 0.462 e. The monoisotopic (exact) mass is 787 g/mol. The number of allylic oxidation sites excluding steroid dienone is 6. The van der Waals surface area contributed by atoms with Crippen molar-refractivity contribution in [3.63, 3.8) is 0 Å². The smallest absolute Gasteiger partial charge is 0.306 e. The second-order valence-electron chi connectivity index (χ2n) is 16.0. The van der Waals surface area contributed by atoms with Crippen LogP contribution < -0.4 is 0 Å². The molecule has 0 heterocycles. The lowest BCUT2D eigenvalue weighted by molar-refractivity contribution is -0.167. The van der Waals surface area contributed by atoms with Crippen LogP contribution in [-0.4, -0.2) is 37.2 Å². The highest BCUT2D eigenvalue weighted by atomic mass is 16.6. The number of carbonyl (C=O) groups is 3. The first-order valence-electron chi connectivity index (χ1n) is 24.0. The summed E-state index contributed by atoms with van der Waals surface area (Å²) in [5, 5.41) is 0. The molecule has 326 valence electrons. The van der Waals surface area contributed by atoms with E-state index in [0.29, 0.717) is 19.3 Å². The molecule has 0 N–H and O–H groups in total. The minimum atomic E-state index is -0.777. The quantitative estimate of drug-likeness (QED) is 0.0265. The fourth-order valence-electron chi connectivity index (χ4n) is 6.69. The zero-order valence-corrected chi connectivity index (χ0v) is 37.2. The number of rotatable bonds is 43. The summed E-state index contributed by atoms with van der Waals surface area (Å²) in [5.74, 6) is -0.902. The molecule has 6 nitrogen and oxygen atoms in total. The predicted molar refractivity (Wildman–Crippen MR) is 238 cm³/mol. The van der Waals surface area contributed by atoms with E-state index in [9.17, 15) is 14.4 Å². The molecule has 6 heteroatoms. The molecule has 0 radical (unpaired) electrons. The predicted octanol–water partition coefficient (Wildman–Crippen LogP) is 15.4. The Morgan fingerprint density at radius 1 is 0.357 bits per heavy atom. The maximum Gasteiger partial charge on any atom is 0.306 e. The number of carbonyl (C=O) groups excluding carboxylic acids is 3. The van der Waals surface area contributed by atoms with Crippen molar-refractivity contribution in [2.24, 2.45) is 0 Å². The topological polar surface area (TPSA) is 78.9 Å². The van der Waals surface area contributed by atoms with Gasteiger partial charge >= 0.3 is 17.9 Å². The van der Waals surface area contributed by atoms with Gasteiger partial charge in [0.1, 0.15) is 13.2 Å². The van der Waals surface area contributed by atoms with E-state index >= 15 is 0 Å². The summed E-state index contributed by atoms with van der Waals surface area (Å²) in [6.07, 6.45) is 51.3. The van der Waals surface area contributed by atoms with Gasteiger partial charge in [0.15, 0.2) is 6.10 Å². The van der Waals surface area contributed by atoms with Crippen LogP contribution in [0.2, 0.25) is 0 Å². The Bertz CT molecular complexity index is 953. The van der Waals surface area contributed by atoms with Crippen LogP contribution in [0.3, 0.4) is 0 Å². The normalized spacial score (nSPS) is 12.3. The third-order valence-corrected chi connectivity index (χ3v) is 10.4. The third-order valence-electron chi connectivity index (χ3n) is 10.4. The molecule has 0 spiro atoms. The van der Waals surface area contributed by atoms with Gasteiger partial charge in [-0.3, -0.25) is 14.4 Å². The molecule has 0 aliphatic carbocycles. The molecule has 0 saturated carbocycles. The van der Waals surface area contributed by atoms with Gasteiger partial charge in [-0.25, -0.2) is 0 Å². The fourth-order valence-corrected chi connectivity index (χ4v) is 6.69. The molecule has 1 atom stereocenters. The summed E-state index contributed by atoms with van der Waals surface area (Å²) in [6, 6.07) is 0. The van der Waals surface area contributed by atoms with Crippen molar-refractivity contribution in [1.82, 2.24) is 0 Å². The van der Waals surface area contributed by atoms with Crippen LogP contribution in [0.4, 0.5) is 0 Å². The van der Waals surface area contributed by atoms with E-state index in [-0.39, 0.29) is 31.1 Å². The molecular weight excluding hydrogens is 697 g/mol. The average Bonchev–Trinajstić information content (AvgIpc) is 3.19. The van der Waals surface area contributed by atoms with Gasteiger partial charge in [0, 0.05) is 19.3 Å². The summed E-state index contributed by atoms with van der Waals surface area (Å²) in [6.45, 7) is 6.55. The van der Waals surface area contributed by atoms with E-state index < -0.39 is 6.10 Å². The molecule has 0 aromatic heterocycles. The van der Waals surface area contributed by atoms with Gasteiger partial charge < -0.3 is 14.2 Å². The average molecular weight is 787 g/mol. The van der Waals surface area contributed by atoms with E-state index in [1.54, 1.807) is 0 Å². The van der Waals surface area contributed by atoms with E-state index in [4.69, 9.17) is 14.2 Å². The van der Waals surface area contributed by atoms with Crippen LogP contribution in [0, 0.1) is 0 Å². The first-order chi connectivity index (χ1) is 27.5. The van der Waals surface area contributed by atoms with Crippen molar-refractivity contribution in [3.05, 3.63) is 36.5 Å². The van der Waals surface area contributed by atoms with Crippen molar-refractivity contribution < 1.29 is 28.6 Å². The number of hydrogen-bond donors (Lipinski definition) is 0. The molecule has 0 saturated heterocycles. The minimum Gasteiger partial charge on any atom is -0.462 e. The maximum absolute atomic E-state index is 12.7. The van der Waals surface area contributed by atoms with Crippen LogP contribution in [0.15, 0.2) is 36.5 Å². The van der Waals surface area contributed by atoms with Gasteiger partial charge in [0.25, 0.3) is 0 Å². The minimum absolute atomic E-state index is 0.0790. The summed E-state index contributed by atoms with van der Waals surface area (Å²) in [7, 11) is 0. The third kappa shape index (κ3) is 42.8. The Morgan fingerprint density at radius 3 is 1.05 bits per heavy atom. The fraction of sp³-hybridized carbons (Fsp3) is 0.820. The maximum atomic E-state index is 12.7. The van der Waals surface area contributed by atoms with Gasteiger partial charge in [0.2, 0.25) is 0 Å². The van der Waals surface area contributed by atoms with Crippen LogP contribution in [0.5, 0.6) is 0 Å². The van der Waals surface area contributed by atoms with Gasteiger partial charge in [-0.05, 0) is 70.6 Å². The van der Waals surface area contributed by atoms with Crippen LogP contribution in [0.25, 0.3) is 0 Å². The molecule has 0 aromatic carbocycles. The second-order valence-corrected chi connectivity index (χ2v) is 16.0. The molecule has 0 bridgehead atoms. The molecule has 0 aliphatic rings. The first-order valence-corrected chi connectivity index (χ1v) is 24.0. The molecule has 0 fully saturated rings. The Labute approximate surface area is 346 Å². The molecule has 1 unspecified atom stereocenters. The highest BCUT2D eigenvalue weighted by Gasteiger charge is 2.19. The van der Waals surface area contributed by atoms with Crippen molar-refractivity contribution in [2.75, 3.05) is 13.2 Å². The van der Waals surface area contributed by atoms with Gasteiger partial charge in [-0.1, -0.05) is 192 Å². The number of hydrogen-bond acceptors (Lipinski definition) is 6. The SMILES string of the molecule is CCCC/C=C\C/C=C\CCCCCCCC(=O)OC(COC(=O)CCCCCCC/C=C\CCCCCCCCC)COC(=O)CCCCCCCCCC. The van der Waals surface area contributed by atoms with Gasteiger partial charge in [-0.15, -0.1) is 0 Å². The Balaban J connectivity index is 4.34. The summed E-state index contributed by atoms with van der Waals surface area (Å²) < 4.78 is 16.7. The van der Waals surface area contributed by atoms with Crippen LogP contribution in [-0.2, 0) is 28.6 Å². The van der Waals surface area contributed by atoms with Crippen LogP contribution in [0.1, 0.15) is 245 Å². The standard InChI is InChI=1S/C50H90O6/c1-4-7-10-13-16-19-21-23-25-26-28-29-31-34-37-40-43-49(52)55-46-47(45-54-48(51)42-39-36-33-18-15-12-9-6-3)56-50(53)44-41-38-35-32-30-27-24-22-20-17-14-11-8-5-2/h14,17,22,24-26,47H,4-13,15-16,18-21,23,27-46H2,1-3H3/b17-14-,24-22-,26-25-. The second kappa shape index (κ2) is 45.3. The Morgan fingerprint density at radius 2 is 0.661 bits per heavy atom. The van der Waals surface area contributed by atoms with Crippen molar-refractivity contribution in [1.29, 1.82) is 0 Å². The summed E-state index contributed by atoms with van der Waals surface area (Å²) >= 11 is 0. The zero-order chi connectivity index (χ0) is 40.8. The lowest BCUT2D eigenvalue weighted by atomic mass is 10.1. The van der Waals surface area contributed by atoms with Crippen LogP contribution >= 0.6 is 0 Å². The number of esters is 3. The summed E-state index contributed by atoms with van der Waals surface area (Å²) in [5.41, 5.74) is 0. The molecule has 0 rings (SSSR count). The van der Waals surface area contributed by atoms with Gasteiger partial charge in [-0.2, -0.15) is 0 Å². The Kier molecular flexibility index (Phi) is 43.4. The molecule has 0 aromatic rings. The number of ether oxygens (including phenoxy) is 3. The Hall–Kier alpha value is -2.37. The van der Waals surface area contributed by atoms with E-state index in [0.717, 1.165) is 89.9 Å². The van der Waals surface area contributed by atoms with E-state index in [1.807, 2.05) is 0 Å². The summed E-state index contributed by atoms with van der Waals surface area (Å²) in [4.78, 5) is 37.7. The highest BCUT2D eigenvalue weighted by Crippen LogP contribution is 2.14. The van der Waals surface area contributed by atoms with Gasteiger partial charge in [0.05, 0.1) is 0 Å². The first kappa shape index (κ1) is 53.6. The van der Waals surface area contributed by atoms with Crippen molar-refractivity contribution in [3.8, 4) is 0 Å². The molecular formula is C50H90O6. The van der Waals surface area contributed by atoms with E-state index in [2.05, 4.69) is 57.2 Å². The highest BCUT2D eigenvalue weighted by molar-refractivity contribution is 5.71. The number of unbranched alkanes of at least 4 members (excludes halogenated alkanes) is 26. The molecule has 0 amide bonds. The molecule has 0 aliphatic heterocycles. The van der Waals surface area contributed by atoms with Crippen molar-refractivity contribution >= 4 is 17.9 Å².